The number of pyridine rings is 1. The van der Waals surface area contributed by atoms with Gasteiger partial charge in [0.25, 0.3) is 5.89 Å². The molecule has 0 saturated heterocycles. The summed E-state index contributed by atoms with van der Waals surface area (Å²) in [5.74, 6) is 1.72. The molecule has 158 valence electrons. The maximum atomic E-state index is 11.0. The third-order valence-electron chi connectivity index (χ3n) is 4.49. The summed E-state index contributed by atoms with van der Waals surface area (Å²) >= 11 is 0. The van der Waals surface area contributed by atoms with Crippen LogP contribution in [0.4, 0.5) is 0 Å². The maximum absolute atomic E-state index is 11.0. The fraction of sp³-hybridized carbons (Fsp3) is 0.174. The van der Waals surface area contributed by atoms with Crippen molar-refractivity contribution in [3.8, 4) is 23.3 Å². The molecule has 31 heavy (non-hydrogen) atoms. The second-order valence-electron chi connectivity index (χ2n) is 6.76. The summed E-state index contributed by atoms with van der Waals surface area (Å²) < 4.78 is 22.4. The van der Waals surface area contributed by atoms with E-state index in [9.17, 15) is 4.79 Å². The van der Waals surface area contributed by atoms with E-state index in [2.05, 4.69) is 9.97 Å². The number of carboxylic acids is 1. The van der Waals surface area contributed by atoms with Crippen molar-refractivity contribution in [2.45, 2.75) is 26.6 Å². The van der Waals surface area contributed by atoms with Crippen molar-refractivity contribution in [3.63, 3.8) is 0 Å². The Morgan fingerprint density at radius 1 is 1.06 bits per heavy atom. The number of furan rings is 1. The largest absolute Gasteiger partial charge is 0.487 e. The van der Waals surface area contributed by atoms with Crippen LogP contribution in [0.5, 0.6) is 11.6 Å². The van der Waals surface area contributed by atoms with Gasteiger partial charge in [-0.3, -0.25) is 4.79 Å². The normalized spacial score (nSPS) is 10.7. The number of benzene rings is 1. The molecule has 0 aliphatic heterocycles. The molecule has 1 N–H and O–H groups in total. The molecule has 0 unspecified atom stereocenters. The molecule has 0 fully saturated rings. The molecule has 4 rings (SSSR count). The zero-order chi connectivity index (χ0) is 21.6. The molecular formula is C23H20N2O6. The number of ether oxygens (including phenoxy) is 2. The summed E-state index contributed by atoms with van der Waals surface area (Å²) in [5, 5.41) is 8.99. The smallest absolute Gasteiger partial charge is 0.308 e. The topological polar surface area (TPSA) is 108 Å². The van der Waals surface area contributed by atoms with Crippen molar-refractivity contribution in [3.05, 3.63) is 83.6 Å². The minimum absolute atomic E-state index is 0.140. The van der Waals surface area contributed by atoms with E-state index in [1.165, 1.54) is 0 Å². The van der Waals surface area contributed by atoms with Crippen molar-refractivity contribution < 1.29 is 28.2 Å². The molecule has 0 amide bonds. The van der Waals surface area contributed by atoms with Crippen LogP contribution in [-0.4, -0.2) is 21.0 Å². The van der Waals surface area contributed by atoms with Gasteiger partial charge in [-0.1, -0.05) is 18.2 Å². The number of aromatic nitrogens is 2. The molecule has 0 atom stereocenters. The molecule has 8 nitrogen and oxygen atoms in total. The number of nitrogens with zero attached hydrogens (tertiary/aromatic N) is 2. The summed E-state index contributed by atoms with van der Waals surface area (Å²) in [7, 11) is 0. The third kappa shape index (κ3) is 5.11. The molecule has 0 radical (unpaired) electrons. The van der Waals surface area contributed by atoms with Crippen LogP contribution in [0.25, 0.3) is 11.7 Å². The van der Waals surface area contributed by atoms with Crippen molar-refractivity contribution in [1.82, 2.24) is 9.97 Å². The summed E-state index contributed by atoms with van der Waals surface area (Å²) in [6, 6.07) is 14.3. The summed E-state index contributed by atoms with van der Waals surface area (Å²) in [5.41, 5.74) is 2.13. The predicted molar refractivity (Wildman–Crippen MR) is 110 cm³/mol. The molecular weight excluding hydrogens is 400 g/mol. The Balaban J connectivity index is 1.34. The number of oxazole rings is 1. The third-order valence-corrected chi connectivity index (χ3v) is 4.49. The van der Waals surface area contributed by atoms with Crippen LogP contribution < -0.4 is 9.47 Å². The lowest BCUT2D eigenvalue weighted by molar-refractivity contribution is -0.136. The van der Waals surface area contributed by atoms with Gasteiger partial charge in [0.2, 0.25) is 5.88 Å². The first-order chi connectivity index (χ1) is 15.1. The molecule has 0 saturated carbocycles. The van der Waals surface area contributed by atoms with Crippen molar-refractivity contribution in [2.75, 3.05) is 0 Å². The Morgan fingerprint density at radius 2 is 1.90 bits per heavy atom. The first-order valence-electron chi connectivity index (χ1n) is 9.59. The van der Waals surface area contributed by atoms with E-state index < -0.39 is 5.97 Å². The lowest BCUT2D eigenvalue weighted by Gasteiger charge is -2.10. The summed E-state index contributed by atoms with van der Waals surface area (Å²) in [6.07, 6.45) is 3.00. The molecule has 8 heteroatoms. The van der Waals surface area contributed by atoms with Gasteiger partial charge in [0.05, 0.1) is 12.7 Å². The Bertz CT molecular complexity index is 1150. The zero-order valence-corrected chi connectivity index (χ0v) is 16.8. The highest BCUT2D eigenvalue weighted by Crippen LogP contribution is 2.23. The van der Waals surface area contributed by atoms with Crippen LogP contribution in [0, 0.1) is 6.92 Å². The van der Waals surface area contributed by atoms with Crippen LogP contribution >= 0.6 is 0 Å². The quantitative estimate of drug-likeness (QED) is 0.424. The highest BCUT2D eigenvalue weighted by molar-refractivity contribution is 5.70. The standard InChI is InChI=1S/C23H20N2O6/c1-15-19(25-23(31-15)20-5-3-11-28-20)14-29-18-8-6-16(7-9-18)13-30-22-17(12-21(26)27)4-2-10-24-22/h2-11H,12-14H2,1H3,(H,26,27). The Labute approximate surface area is 178 Å². The monoisotopic (exact) mass is 420 g/mol. The minimum atomic E-state index is -0.932. The number of carboxylic acid groups (broad SMARTS) is 1. The molecule has 3 heterocycles. The van der Waals surface area contributed by atoms with Gasteiger partial charge < -0.3 is 23.4 Å². The first-order valence-corrected chi connectivity index (χ1v) is 9.59. The van der Waals surface area contributed by atoms with Crippen molar-refractivity contribution in [1.29, 1.82) is 0 Å². The van der Waals surface area contributed by atoms with Gasteiger partial charge in [-0.25, -0.2) is 9.97 Å². The van der Waals surface area contributed by atoms with Crippen molar-refractivity contribution >= 4 is 5.97 Å². The minimum Gasteiger partial charge on any atom is -0.487 e. The highest BCUT2D eigenvalue weighted by Gasteiger charge is 2.14. The fourth-order valence-electron chi connectivity index (χ4n) is 2.90. The highest BCUT2D eigenvalue weighted by atomic mass is 16.5. The number of rotatable bonds is 9. The van der Waals surface area contributed by atoms with Gasteiger partial charge in [0.15, 0.2) is 5.76 Å². The number of carbonyl (C=O) groups is 1. The predicted octanol–water partition coefficient (Wildman–Crippen LogP) is 4.42. The number of aryl methyl sites for hydroxylation is 1. The van der Waals surface area contributed by atoms with E-state index in [1.807, 2.05) is 31.2 Å². The molecule has 0 bridgehead atoms. The average molecular weight is 420 g/mol. The lowest BCUT2D eigenvalue weighted by Crippen LogP contribution is -2.05. The van der Waals surface area contributed by atoms with Crippen LogP contribution in [0.15, 0.2) is 69.8 Å². The summed E-state index contributed by atoms with van der Waals surface area (Å²) in [4.78, 5) is 19.5. The molecule has 0 aliphatic rings. The van der Waals surface area contributed by atoms with Crippen LogP contribution in [0.3, 0.4) is 0 Å². The second-order valence-corrected chi connectivity index (χ2v) is 6.76. The average Bonchev–Trinajstić information content (AvgIpc) is 3.42. The summed E-state index contributed by atoms with van der Waals surface area (Å²) in [6.45, 7) is 2.35. The SMILES string of the molecule is Cc1oc(-c2ccco2)nc1COc1ccc(COc2ncccc2CC(=O)O)cc1. The van der Waals surface area contributed by atoms with E-state index in [0.717, 1.165) is 5.56 Å². The maximum Gasteiger partial charge on any atom is 0.308 e. The van der Waals surface area contributed by atoms with E-state index in [0.29, 0.717) is 40.3 Å². The van der Waals surface area contributed by atoms with E-state index in [1.54, 1.807) is 36.7 Å². The van der Waals surface area contributed by atoms with Gasteiger partial charge >= 0.3 is 5.97 Å². The van der Waals surface area contributed by atoms with Crippen LogP contribution in [-0.2, 0) is 24.4 Å². The number of hydrogen-bond acceptors (Lipinski definition) is 7. The Hall–Kier alpha value is -4.07. The van der Waals surface area contributed by atoms with Crippen molar-refractivity contribution in [2.24, 2.45) is 0 Å². The van der Waals surface area contributed by atoms with Gasteiger partial charge in [-0.15, -0.1) is 0 Å². The van der Waals surface area contributed by atoms with Crippen LogP contribution in [0.1, 0.15) is 22.6 Å². The van der Waals surface area contributed by atoms with Crippen LogP contribution in [0.2, 0.25) is 0 Å². The fourth-order valence-corrected chi connectivity index (χ4v) is 2.90. The number of aliphatic carboxylic acids is 1. The van der Waals surface area contributed by atoms with Gasteiger partial charge in [-0.2, -0.15) is 0 Å². The second kappa shape index (κ2) is 9.17. The van der Waals surface area contributed by atoms with Gasteiger partial charge in [-0.05, 0) is 42.8 Å². The van der Waals surface area contributed by atoms with E-state index in [4.69, 9.17) is 23.4 Å². The van der Waals surface area contributed by atoms with E-state index >= 15 is 0 Å². The Morgan fingerprint density at radius 3 is 2.65 bits per heavy atom. The molecule has 3 aromatic heterocycles. The van der Waals surface area contributed by atoms with Gasteiger partial charge in [0.1, 0.15) is 30.4 Å². The Kier molecular flexibility index (Phi) is 5.98. The van der Waals surface area contributed by atoms with E-state index in [-0.39, 0.29) is 19.6 Å². The first kappa shape index (κ1) is 20.2. The van der Waals surface area contributed by atoms with Gasteiger partial charge in [0, 0.05) is 11.8 Å². The number of hydrogen-bond donors (Lipinski definition) is 1. The lowest BCUT2D eigenvalue weighted by atomic mass is 10.2. The molecule has 0 spiro atoms. The molecule has 0 aliphatic carbocycles. The molecule has 1 aromatic carbocycles. The zero-order valence-electron chi connectivity index (χ0n) is 16.8. The molecule has 4 aromatic rings.